The van der Waals surface area contributed by atoms with Crippen molar-refractivity contribution in [3.63, 3.8) is 0 Å². The molecule has 6 heteroatoms. The summed E-state index contributed by atoms with van der Waals surface area (Å²) in [5.74, 6) is 0.949. The number of hydrogen-bond acceptors (Lipinski definition) is 5. The first-order valence-electron chi connectivity index (χ1n) is 8.73. The Kier molecular flexibility index (Phi) is 5.33. The van der Waals surface area contributed by atoms with E-state index in [2.05, 4.69) is 10.1 Å². The van der Waals surface area contributed by atoms with Gasteiger partial charge in [-0.2, -0.15) is 0 Å². The van der Waals surface area contributed by atoms with Gasteiger partial charge in [-0.3, -0.25) is 4.79 Å². The molecule has 0 N–H and O–H groups in total. The van der Waals surface area contributed by atoms with Crippen LogP contribution in [0, 0.1) is 0 Å². The molecule has 0 aromatic carbocycles. The van der Waals surface area contributed by atoms with Crippen molar-refractivity contribution in [2.24, 2.45) is 0 Å². The van der Waals surface area contributed by atoms with E-state index in [1.807, 2.05) is 18.7 Å². The largest absolute Gasteiger partial charge is 0.375 e. The van der Waals surface area contributed by atoms with Gasteiger partial charge in [-0.05, 0) is 32.4 Å². The van der Waals surface area contributed by atoms with Crippen LogP contribution in [0.1, 0.15) is 55.3 Å². The van der Waals surface area contributed by atoms with E-state index >= 15 is 0 Å². The van der Waals surface area contributed by atoms with Crippen LogP contribution < -0.4 is 0 Å². The third-order valence-electron chi connectivity index (χ3n) is 4.61. The van der Waals surface area contributed by atoms with Crippen LogP contribution in [0.3, 0.4) is 0 Å². The maximum Gasteiger partial charge on any atom is 0.276 e. The highest BCUT2D eigenvalue weighted by molar-refractivity contribution is 5.92. The first-order chi connectivity index (χ1) is 11.1. The zero-order valence-corrected chi connectivity index (χ0v) is 14.2. The average molecular weight is 321 g/mol. The van der Waals surface area contributed by atoms with Crippen LogP contribution in [0.15, 0.2) is 10.6 Å². The summed E-state index contributed by atoms with van der Waals surface area (Å²) in [5.41, 5.74) is 0.413. The molecule has 128 valence electrons. The van der Waals surface area contributed by atoms with Crippen molar-refractivity contribution < 1.29 is 14.1 Å². The fourth-order valence-electron chi connectivity index (χ4n) is 3.27. The van der Waals surface area contributed by atoms with E-state index in [1.54, 1.807) is 6.07 Å². The van der Waals surface area contributed by atoms with Crippen LogP contribution >= 0.6 is 0 Å². The monoisotopic (exact) mass is 321 g/mol. The molecule has 1 aromatic heterocycles. The minimum Gasteiger partial charge on any atom is -0.375 e. The first kappa shape index (κ1) is 16.5. The molecular weight excluding hydrogens is 294 g/mol. The summed E-state index contributed by atoms with van der Waals surface area (Å²) in [6, 6.07) is 1.77. The van der Waals surface area contributed by atoms with Crippen LogP contribution in [-0.2, 0) is 4.74 Å². The Balaban J connectivity index is 1.63. The van der Waals surface area contributed by atoms with Crippen LogP contribution in [0.2, 0.25) is 0 Å². The molecule has 2 aliphatic heterocycles. The number of hydrogen-bond donors (Lipinski definition) is 0. The molecule has 3 rings (SSSR count). The van der Waals surface area contributed by atoms with Gasteiger partial charge in [0.15, 0.2) is 5.69 Å². The molecule has 23 heavy (non-hydrogen) atoms. The number of nitrogens with zero attached hydrogens (tertiary/aromatic N) is 3. The van der Waals surface area contributed by atoms with Gasteiger partial charge in [-0.15, -0.1) is 0 Å². The second kappa shape index (κ2) is 7.45. The molecule has 2 fully saturated rings. The van der Waals surface area contributed by atoms with Crippen molar-refractivity contribution in [1.82, 2.24) is 15.0 Å². The molecule has 0 spiro atoms. The molecule has 0 bridgehead atoms. The molecule has 0 aliphatic carbocycles. The lowest BCUT2D eigenvalue weighted by molar-refractivity contribution is 0.0295. The van der Waals surface area contributed by atoms with Gasteiger partial charge in [0.1, 0.15) is 5.76 Å². The van der Waals surface area contributed by atoms with Crippen molar-refractivity contribution in [2.45, 2.75) is 45.1 Å². The molecule has 0 saturated carbocycles. The molecule has 0 radical (unpaired) electrons. The molecule has 1 amide bonds. The van der Waals surface area contributed by atoms with Crippen LogP contribution in [0.25, 0.3) is 0 Å². The average Bonchev–Trinajstić information content (AvgIpc) is 3.16. The number of carbonyl (C=O) groups is 1. The number of aromatic nitrogens is 1. The Morgan fingerprint density at radius 2 is 2.09 bits per heavy atom. The van der Waals surface area contributed by atoms with E-state index in [9.17, 15) is 4.79 Å². The number of carbonyl (C=O) groups excluding carboxylic acids is 1. The zero-order chi connectivity index (χ0) is 16.2. The summed E-state index contributed by atoms with van der Waals surface area (Å²) in [6.07, 6.45) is 3.51. The van der Waals surface area contributed by atoms with E-state index in [1.165, 1.54) is 12.8 Å². The van der Waals surface area contributed by atoms with Crippen molar-refractivity contribution in [3.05, 3.63) is 17.5 Å². The van der Waals surface area contributed by atoms with Gasteiger partial charge in [-0.25, -0.2) is 0 Å². The standard InChI is InChI=1S/C17H27N3O3/c1-13(2)16-10-15(18-23-16)17(21)20-8-5-9-22-14(12-20)11-19-6-3-4-7-19/h10,13-14H,3-9,11-12H2,1-2H3. The van der Waals surface area contributed by atoms with Crippen molar-refractivity contribution in [3.8, 4) is 0 Å². The maximum atomic E-state index is 12.7. The number of ether oxygens (including phenoxy) is 1. The summed E-state index contributed by atoms with van der Waals surface area (Å²) >= 11 is 0. The summed E-state index contributed by atoms with van der Waals surface area (Å²) in [6.45, 7) is 9.35. The Bertz CT molecular complexity index is 523. The first-order valence-corrected chi connectivity index (χ1v) is 8.73. The number of likely N-dealkylation sites (tertiary alicyclic amines) is 1. The van der Waals surface area contributed by atoms with Crippen molar-refractivity contribution in [1.29, 1.82) is 0 Å². The van der Waals surface area contributed by atoms with Crippen molar-refractivity contribution in [2.75, 3.05) is 39.3 Å². The molecule has 2 aliphatic rings. The molecule has 1 atom stereocenters. The van der Waals surface area contributed by atoms with Crippen LogP contribution in [-0.4, -0.2) is 66.3 Å². The fraction of sp³-hybridized carbons (Fsp3) is 0.765. The van der Waals surface area contributed by atoms with Gasteiger partial charge in [-0.1, -0.05) is 19.0 Å². The molecule has 2 saturated heterocycles. The second-order valence-electron chi connectivity index (χ2n) is 6.87. The molecule has 1 unspecified atom stereocenters. The highest BCUT2D eigenvalue weighted by Crippen LogP contribution is 2.18. The Labute approximate surface area is 137 Å². The molecule has 6 nitrogen and oxygen atoms in total. The lowest BCUT2D eigenvalue weighted by Crippen LogP contribution is -2.42. The van der Waals surface area contributed by atoms with E-state index in [0.29, 0.717) is 12.2 Å². The molecule has 1 aromatic rings. The van der Waals surface area contributed by atoms with Gasteiger partial charge >= 0.3 is 0 Å². The Hall–Kier alpha value is -1.40. The topological polar surface area (TPSA) is 58.8 Å². The third kappa shape index (κ3) is 4.12. The third-order valence-corrected chi connectivity index (χ3v) is 4.61. The van der Waals surface area contributed by atoms with Gasteiger partial charge in [0.05, 0.1) is 6.10 Å². The van der Waals surface area contributed by atoms with Crippen molar-refractivity contribution >= 4 is 5.91 Å². The highest BCUT2D eigenvalue weighted by Gasteiger charge is 2.27. The Morgan fingerprint density at radius 3 is 2.78 bits per heavy atom. The highest BCUT2D eigenvalue weighted by atomic mass is 16.5. The van der Waals surface area contributed by atoms with Gasteiger partial charge in [0.2, 0.25) is 0 Å². The van der Waals surface area contributed by atoms with Gasteiger partial charge in [0, 0.05) is 38.2 Å². The fourth-order valence-corrected chi connectivity index (χ4v) is 3.27. The lowest BCUT2D eigenvalue weighted by Gasteiger charge is -2.26. The second-order valence-corrected chi connectivity index (χ2v) is 6.87. The number of amides is 1. The predicted molar refractivity (Wildman–Crippen MR) is 86.5 cm³/mol. The van der Waals surface area contributed by atoms with Crippen LogP contribution in [0.4, 0.5) is 0 Å². The van der Waals surface area contributed by atoms with E-state index < -0.39 is 0 Å². The minimum absolute atomic E-state index is 0.0439. The number of rotatable bonds is 4. The predicted octanol–water partition coefficient (Wildman–Crippen LogP) is 2.12. The maximum absolute atomic E-state index is 12.7. The summed E-state index contributed by atoms with van der Waals surface area (Å²) in [5, 5.41) is 3.95. The van der Waals surface area contributed by atoms with Crippen LogP contribution in [0.5, 0.6) is 0 Å². The molecule has 3 heterocycles. The van der Waals surface area contributed by atoms with E-state index in [4.69, 9.17) is 9.26 Å². The zero-order valence-electron chi connectivity index (χ0n) is 14.2. The SMILES string of the molecule is CC(C)c1cc(C(=O)N2CCCOC(CN3CCCC3)C2)no1. The normalized spacial score (nSPS) is 23.4. The summed E-state index contributed by atoms with van der Waals surface area (Å²) in [4.78, 5) is 17.0. The quantitative estimate of drug-likeness (QED) is 0.850. The van der Waals surface area contributed by atoms with E-state index in [-0.39, 0.29) is 17.9 Å². The summed E-state index contributed by atoms with van der Waals surface area (Å²) in [7, 11) is 0. The Morgan fingerprint density at radius 1 is 1.30 bits per heavy atom. The van der Waals surface area contributed by atoms with Gasteiger partial charge in [0.25, 0.3) is 5.91 Å². The summed E-state index contributed by atoms with van der Waals surface area (Å²) < 4.78 is 11.2. The van der Waals surface area contributed by atoms with E-state index in [0.717, 1.165) is 45.0 Å². The molecular formula is C17H27N3O3. The van der Waals surface area contributed by atoms with Gasteiger partial charge < -0.3 is 19.1 Å². The minimum atomic E-state index is -0.0439. The smallest absolute Gasteiger partial charge is 0.276 e. The lowest BCUT2D eigenvalue weighted by atomic mass is 10.1.